The van der Waals surface area contributed by atoms with E-state index in [0.29, 0.717) is 44.3 Å². The minimum absolute atomic E-state index is 0.0866. The number of hydrogen-bond acceptors (Lipinski definition) is 8. The van der Waals surface area contributed by atoms with Crippen LogP contribution < -0.4 is 15.0 Å². The van der Waals surface area contributed by atoms with Crippen LogP contribution in [0.5, 0.6) is 5.88 Å². The van der Waals surface area contributed by atoms with Crippen molar-refractivity contribution in [2.24, 2.45) is 5.92 Å². The number of benzene rings is 1. The molecule has 2 aliphatic heterocycles. The van der Waals surface area contributed by atoms with Gasteiger partial charge in [0.05, 0.1) is 38.6 Å². The van der Waals surface area contributed by atoms with Crippen LogP contribution in [0.4, 0.5) is 11.6 Å². The van der Waals surface area contributed by atoms with Crippen molar-refractivity contribution in [3.8, 4) is 17.0 Å². The van der Waals surface area contributed by atoms with Crippen LogP contribution in [0.2, 0.25) is 0 Å². The Balaban J connectivity index is 1.33. The van der Waals surface area contributed by atoms with Gasteiger partial charge in [0.25, 0.3) is 0 Å². The van der Waals surface area contributed by atoms with Crippen molar-refractivity contribution in [2.75, 3.05) is 62.9 Å². The largest absolute Gasteiger partial charge is 0.474 e. The predicted molar refractivity (Wildman–Crippen MR) is 132 cm³/mol. The highest BCUT2D eigenvalue weighted by atomic mass is 16.6. The Hall–Kier alpha value is -2.42. The molecule has 3 heterocycles. The van der Waals surface area contributed by atoms with E-state index in [1.807, 2.05) is 6.20 Å². The Morgan fingerprint density at radius 2 is 1.79 bits per heavy atom. The smallest absolute Gasteiger partial charge is 0.226 e. The molecule has 184 valence electrons. The van der Waals surface area contributed by atoms with Gasteiger partial charge in [-0.3, -0.25) is 0 Å². The first kappa shape index (κ1) is 23.3. The normalized spacial score (nSPS) is 25.7. The average Bonchev–Trinajstić information content (AvgIpc) is 2.90. The molecular formula is C26H36N4O4. The molecule has 8 heteroatoms. The molecule has 0 unspecified atom stereocenters. The Morgan fingerprint density at radius 3 is 2.53 bits per heavy atom. The van der Waals surface area contributed by atoms with Crippen molar-refractivity contribution in [1.29, 1.82) is 0 Å². The fourth-order valence-corrected chi connectivity index (χ4v) is 4.81. The number of ether oxygens (including phenoxy) is 4. The van der Waals surface area contributed by atoms with E-state index in [2.05, 4.69) is 46.4 Å². The molecule has 3 aliphatic rings. The number of rotatable bonds is 7. The molecule has 1 N–H and O–H groups in total. The average molecular weight is 469 g/mol. The quantitative estimate of drug-likeness (QED) is 0.658. The lowest BCUT2D eigenvalue weighted by Crippen LogP contribution is -2.36. The molecule has 1 saturated carbocycles. The lowest BCUT2D eigenvalue weighted by atomic mass is 9.87. The van der Waals surface area contributed by atoms with E-state index in [9.17, 15) is 0 Å². The highest BCUT2D eigenvalue weighted by Gasteiger charge is 2.21. The summed E-state index contributed by atoms with van der Waals surface area (Å²) in [6, 6.07) is 8.95. The van der Waals surface area contributed by atoms with Gasteiger partial charge in [-0.2, -0.15) is 4.98 Å². The summed E-state index contributed by atoms with van der Waals surface area (Å²) in [4.78, 5) is 11.8. The molecule has 0 amide bonds. The van der Waals surface area contributed by atoms with Crippen LogP contribution in [0.3, 0.4) is 0 Å². The number of anilines is 2. The Bertz CT molecular complexity index is 906. The summed E-state index contributed by atoms with van der Waals surface area (Å²) in [5.41, 5.74) is 3.12. The fraction of sp³-hybridized carbons (Fsp3) is 0.615. The first-order valence-corrected chi connectivity index (χ1v) is 12.6. The number of hydrogen-bond donors (Lipinski definition) is 1. The summed E-state index contributed by atoms with van der Waals surface area (Å²) >= 11 is 0. The van der Waals surface area contributed by atoms with Crippen molar-refractivity contribution in [3.05, 3.63) is 30.5 Å². The van der Waals surface area contributed by atoms with E-state index < -0.39 is 0 Å². The van der Waals surface area contributed by atoms with Gasteiger partial charge < -0.3 is 29.2 Å². The number of nitrogens with zero attached hydrogens (tertiary/aromatic N) is 3. The summed E-state index contributed by atoms with van der Waals surface area (Å²) in [7, 11) is 0. The Kier molecular flexibility index (Phi) is 7.78. The summed E-state index contributed by atoms with van der Waals surface area (Å²) in [6.07, 6.45) is 6.58. The second-order valence-corrected chi connectivity index (χ2v) is 9.54. The SMILES string of the molecule is CC1CCC(Nc2ncc(-c3ccc(N4CCOCC4)cc3)c(OC[C@H]3COCCO3)n2)CC1. The third kappa shape index (κ3) is 5.98. The molecule has 3 fully saturated rings. The molecule has 0 spiro atoms. The zero-order valence-corrected chi connectivity index (χ0v) is 20.1. The molecule has 2 aromatic rings. The second kappa shape index (κ2) is 11.3. The van der Waals surface area contributed by atoms with Gasteiger partial charge in [0.2, 0.25) is 11.8 Å². The second-order valence-electron chi connectivity index (χ2n) is 9.54. The van der Waals surface area contributed by atoms with Gasteiger partial charge in [-0.15, -0.1) is 0 Å². The Labute approximate surface area is 202 Å². The van der Waals surface area contributed by atoms with E-state index in [1.54, 1.807) is 0 Å². The fourth-order valence-electron chi connectivity index (χ4n) is 4.81. The van der Waals surface area contributed by atoms with E-state index in [-0.39, 0.29) is 6.10 Å². The molecule has 1 aromatic heterocycles. The summed E-state index contributed by atoms with van der Waals surface area (Å²) in [5, 5.41) is 3.53. The molecule has 0 radical (unpaired) electrons. The van der Waals surface area contributed by atoms with Crippen molar-refractivity contribution < 1.29 is 18.9 Å². The lowest BCUT2D eigenvalue weighted by molar-refractivity contribution is -0.101. The highest BCUT2D eigenvalue weighted by Crippen LogP contribution is 2.32. The summed E-state index contributed by atoms with van der Waals surface area (Å²) in [6.45, 7) is 7.88. The number of aromatic nitrogens is 2. The van der Waals surface area contributed by atoms with Gasteiger partial charge in [0, 0.05) is 31.0 Å². The van der Waals surface area contributed by atoms with Gasteiger partial charge >= 0.3 is 0 Å². The molecule has 8 nitrogen and oxygen atoms in total. The van der Waals surface area contributed by atoms with Gasteiger partial charge in [0.15, 0.2) is 0 Å². The zero-order valence-electron chi connectivity index (χ0n) is 20.1. The lowest BCUT2D eigenvalue weighted by Gasteiger charge is -2.29. The minimum atomic E-state index is -0.0866. The topological polar surface area (TPSA) is 78.0 Å². The van der Waals surface area contributed by atoms with Gasteiger partial charge in [-0.1, -0.05) is 19.1 Å². The molecule has 5 rings (SSSR count). The molecule has 1 atom stereocenters. The van der Waals surface area contributed by atoms with Gasteiger partial charge in [0.1, 0.15) is 12.7 Å². The third-order valence-corrected chi connectivity index (χ3v) is 6.95. The maximum absolute atomic E-state index is 6.20. The first-order chi connectivity index (χ1) is 16.7. The van der Waals surface area contributed by atoms with E-state index in [1.165, 1.54) is 18.5 Å². The van der Waals surface area contributed by atoms with Crippen molar-refractivity contribution >= 4 is 11.6 Å². The maximum Gasteiger partial charge on any atom is 0.226 e. The van der Waals surface area contributed by atoms with Crippen LogP contribution >= 0.6 is 0 Å². The van der Waals surface area contributed by atoms with Crippen LogP contribution in [-0.2, 0) is 14.2 Å². The monoisotopic (exact) mass is 468 g/mol. The number of morpholine rings is 1. The van der Waals surface area contributed by atoms with Crippen LogP contribution in [0.25, 0.3) is 11.1 Å². The van der Waals surface area contributed by atoms with Gasteiger partial charge in [-0.05, 0) is 49.3 Å². The van der Waals surface area contributed by atoms with Crippen LogP contribution in [-0.4, -0.2) is 74.8 Å². The van der Waals surface area contributed by atoms with E-state index >= 15 is 0 Å². The standard InChI is InChI=1S/C26H36N4O4/c1-19-2-6-21(7-3-19)28-26-27-16-24(25(29-26)34-18-23-17-32-14-15-33-23)20-4-8-22(9-5-20)30-10-12-31-13-11-30/h4-5,8-9,16,19,21,23H,2-3,6-7,10-15,17-18H2,1H3,(H,27,28,29)/t19?,21?,23-/m1/s1. The third-order valence-electron chi connectivity index (χ3n) is 6.95. The summed E-state index contributed by atoms with van der Waals surface area (Å²) < 4.78 is 23.0. The highest BCUT2D eigenvalue weighted by molar-refractivity contribution is 5.70. The zero-order chi connectivity index (χ0) is 23.2. The number of nitrogens with one attached hydrogen (secondary N) is 1. The molecular weight excluding hydrogens is 432 g/mol. The molecule has 1 aromatic carbocycles. The van der Waals surface area contributed by atoms with Crippen LogP contribution in [0.1, 0.15) is 32.6 Å². The van der Waals surface area contributed by atoms with Crippen molar-refractivity contribution in [1.82, 2.24) is 9.97 Å². The summed E-state index contributed by atoms with van der Waals surface area (Å²) in [5.74, 6) is 2.01. The Morgan fingerprint density at radius 1 is 1.00 bits per heavy atom. The van der Waals surface area contributed by atoms with Crippen molar-refractivity contribution in [2.45, 2.75) is 44.8 Å². The first-order valence-electron chi connectivity index (χ1n) is 12.6. The van der Waals surface area contributed by atoms with Crippen molar-refractivity contribution in [3.63, 3.8) is 0 Å². The molecule has 1 aliphatic carbocycles. The van der Waals surface area contributed by atoms with Crippen LogP contribution in [0.15, 0.2) is 30.5 Å². The molecule has 2 saturated heterocycles. The van der Waals surface area contributed by atoms with Crippen LogP contribution in [0, 0.1) is 5.92 Å². The van der Waals surface area contributed by atoms with E-state index in [4.69, 9.17) is 23.9 Å². The molecule has 0 bridgehead atoms. The molecule has 34 heavy (non-hydrogen) atoms. The van der Waals surface area contributed by atoms with E-state index in [0.717, 1.165) is 56.2 Å². The predicted octanol–water partition coefficient (Wildman–Crippen LogP) is 3.77. The van der Waals surface area contributed by atoms with Gasteiger partial charge in [-0.25, -0.2) is 4.98 Å². The maximum atomic E-state index is 6.20. The minimum Gasteiger partial charge on any atom is -0.474 e.